The number of thiazole rings is 1. The lowest BCUT2D eigenvalue weighted by Crippen LogP contribution is -2.41. The number of hydrogen-bond donors (Lipinski definition) is 2. The molecule has 1 aromatic carbocycles. The number of aliphatic imine (C=N–C) groups is 1. The molecule has 0 aliphatic carbocycles. The van der Waals surface area contributed by atoms with E-state index in [0.29, 0.717) is 30.5 Å². The van der Waals surface area contributed by atoms with E-state index < -0.39 is 11.9 Å². The van der Waals surface area contributed by atoms with Crippen LogP contribution in [-0.2, 0) is 12.6 Å². The number of nitrogens with one attached hydrogen (secondary N) is 2. The van der Waals surface area contributed by atoms with E-state index in [4.69, 9.17) is 4.74 Å². The van der Waals surface area contributed by atoms with Gasteiger partial charge in [0.2, 0.25) is 0 Å². The number of aromatic nitrogens is 1. The van der Waals surface area contributed by atoms with Crippen molar-refractivity contribution in [1.29, 1.82) is 0 Å². The molecule has 0 saturated heterocycles. The number of benzene rings is 1. The van der Waals surface area contributed by atoms with Gasteiger partial charge in [0.15, 0.2) is 11.7 Å². The highest BCUT2D eigenvalue weighted by atomic mass is 32.1. The molecule has 5 nitrogen and oxygen atoms in total. The van der Waals surface area contributed by atoms with Crippen molar-refractivity contribution in [3.05, 3.63) is 45.9 Å². The molecular weight excluding hydrogens is 365 g/mol. The molecule has 2 aromatic rings. The predicted molar refractivity (Wildman–Crippen MR) is 94.6 cm³/mol. The van der Waals surface area contributed by atoms with Gasteiger partial charge in [-0.2, -0.15) is 13.2 Å². The Morgan fingerprint density at radius 1 is 1.38 bits per heavy atom. The van der Waals surface area contributed by atoms with Gasteiger partial charge < -0.3 is 15.4 Å². The third kappa shape index (κ3) is 4.46. The summed E-state index contributed by atoms with van der Waals surface area (Å²) in [6, 6.07) is 7.90. The van der Waals surface area contributed by atoms with Crippen LogP contribution in [0.5, 0.6) is 5.75 Å². The maximum absolute atomic E-state index is 12.6. The van der Waals surface area contributed by atoms with Crippen molar-refractivity contribution in [1.82, 2.24) is 15.6 Å². The van der Waals surface area contributed by atoms with Crippen LogP contribution in [0.15, 0.2) is 34.6 Å². The molecule has 2 heterocycles. The van der Waals surface area contributed by atoms with Crippen LogP contribution in [0.25, 0.3) is 0 Å². The van der Waals surface area contributed by atoms with Crippen LogP contribution in [0.2, 0.25) is 0 Å². The molecule has 0 radical (unpaired) electrons. The average molecular weight is 384 g/mol. The maximum Gasteiger partial charge on any atom is 0.434 e. The summed E-state index contributed by atoms with van der Waals surface area (Å²) in [7, 11) is 1.66. The lowest BCUT2D eigenvalue weighted by molar-refractivity contribution is -0.140. The number of para-hydroxylation sites is 1. The van der Waals surface area contributed by atoms with Gasteiger partial charge in [-0.1, -0.05) is 18.2 Å². The van der Waals surface area contributed by atoms with E-state index in [1.54, 1.807) is 7.05 Å². The Labute approximate surface area is 153 Å². The summed E-state index contributed by atoms with van der Waals surface area (Å²) in [6.45, 7) is 1.06. The molecule has 26 heavy (non-hydrogen) atoms. The van der Waals surface area contributed by atoms with Crippen molar-refractivity contribution in [2.75, 3.05) is 20.2 Å². The van der Waals surface area contributed by atoms with E-state index >= 15 is 0 Å². The second-order valence-electron chi connectivity index (χ2n) is 5.75. The van der Waals surface area contributed by atoms with Crippen molar-refractivity contribution >= 4 is 17.3 Å². The van der Waals surface area contributed by atoms with Crippen molar-refractivity contribution < 1.29 is 17.9 Å². The van der Waals surface area contributed by atoms with Gasteiger partial charge in [0.05, 0.1) is 17.7 Å². The second kappa shape index (κ2) is 7.94. The second-order valence-corrected chi connectivity index (χ2v) is 6.69. The summed E-state index contributed by atoms with van der Waals surface area (Å²) in [5, 5.41) is 7.95. The Morgan fingerprint density at radius 3 is 2.92 bits per heavy atom. The lowest BCUT2D eigenvalue weighted by Gasteiger charge is -2.28. The number of nitrogens with zero attached hydrogens (tertiary/aromatic N) is 2. The van der Waals surface area contributed by atoms with Crippen molar-refractivity contribution in [3.63, 3.8) is 0 Å². The zero-order chi connectivity index (χ0) is 18.6. The maximum atomic E-state index is 12.6. The molecule has 1 aliphatic heterocycles. The molecule has 0 saturated carbocycles. The largest absolute Gasteiger partial charge is 0.493 e. The summed E-state index contributed by atoms with van der Waals surface area (Å²) in [4.78, 5) is 7.81. The number of fused-ring (bicyclic) bond motifs is 1. The summed E-state index contributed by atoms with van der Waals surface area (Å²) >= 11 is 1.01. The molecular formula is C17H19F3N4OS. The first kappa shape index (κ1) is 18.5. The topological polar surface area (TPSA) is 58.5 Å². The molecule has 1 atom stereocenters. The van der Waals surface area contributed by atoms with Gasteiger partial charge in [0.1, 0.15) is 5.75 Å². The molecule has 1 unspecified atom stereocenters. The number of halogens is 3. The van der Waals surface area contributed by atoms with E-state index in [0.717, 1.165) is 34.5 Å². The minimum absolute atomic E-state index is 0.0721. The fourth-order valence-electron chi connectivity index (χ4n) is 2.70. The van der Waals surface area contributed by atoms with Crippen LogP contribution < -0.4 is 15.4 Å². The molecule has 140 valence electrons. The molecule has 0 bridgehead atoms. The zero-order valence-corrected chi connectivity index (χ0v) is 15.0. The number of hydrogen-bond acceptors (Lipinski definition) is 4. The van der Waals surface area contributed by atoms with Crippen LogP contribution in [-0.4, -0.2) is 31.1 Å². The third-order valence-corrected chi connectivity index (χ3v) is 4.88. The van der Waals surface area contributed by atoms with Crippen LogP contribution in [0.3, 0.4) is 0 Å². The normalized spacial score (nSPS) is 17.4. The smallest absolute Gasteiger partial charge is 0.434 e. The summed E-state index contributed by atoms with van der Waals surface area (Å²) in [6.07, 6.45) is -3.19. The van der Waals surface area contributed by atoms with Crippen LogP contribution in [0, 0.1) is 0 Å². The highest BCUT2D eigenvalue weighted by Gasteiger charge is 2.33. The SMILES string of the molecule is CN=C(NCCc1nc(C(F)(F)F)cs1)NC1CCOc2ccccc21. The van der Waals surface area contributed by atoms with Gasteiger partial charge in [-0.15, -0.1) is 11.3 Å². The fourth-order valence-corrected chi connectivity index (χ4v) is 3.50. The number of rotatable bonds is 4. The van der Waals surface area contributed by atoms with E-state index in [1.807, 2.05) is 24.3 Å². The summed E-state index contributed by atoms with van der Waals surface area (Å²) in [5.74, 6) is 1.45. The van der Waals surface area contributed by atoms with Gasteiger partial charge >= 0.3 is 6.18 Å². The lowest BCUT2D eigenvalue weighted by atomic mass is 10.0. The molecule has 1 aliphatic rings. The van der Waals surface area contributed by atoms with Gasteiger partial charge in [-0.3, -0.25) is 4.99 Å². The highest BCUT2D eigenvalue weighted by molar-refractivity contribution is 7.09. The highest BCUT2D eigenvalue weighted by Crippen LogP contribution is 2.31. The van der Waals surface area contributed by atoms with E-state index in [-0.39, 0.29) is 6.04 Å². The average Bonchev–Trinajstić information content (AvgIpc) is 3.10. The Hall–Kier alpha value is -2.29. The molecule has 9 heteroatoms. The van der Waals surface area contributed by atoms with Crippen molar-refractivity contribution in [2.45, 2.75) is 25.1 Å². The van der Waals surface area contributed by atoms with Crippen LogP contribution >= 0.6 is 11.3 Å². The molecule has 0 amide bonds. The standard InChI is InChI=1S/C17H19F3N4OS/c1-21-16(22-8-6-15-24-14(10-26-15)17(18,19)20)23-12-7-9-25-13-5-3-2-4-11(12)13/h2-5,10,12H,6-9H2,1H3,(H2,21,22,23). The van der Waals surface area contributed by atoms with Gasteiger partial charge in [-0.25, -0.2) is 4.98 Å². The molecule has 1 aromatic heterocycles. The summed E-state index contributed by atoms with van der Waals surface area (Å²) < 4.78 is 43.4. The monoisotopic (exact) mass is 384 g/mol. The molecule has 0 fully saturated rings. The number of guanidine groups is 1. The summed E-state index contributed by atoms with van der Waals surface area (Å²) in [5.41, 5.74) is 0.232. The molecule has 3 rings (SSSR count). The first-order valence-electron chi connectivity index (χ1n) is 8.18. The fraction of sp³-hybridized carbons (Fsp3) is 0.412. The number of ether oxygens (including phenoxy) is 1. The first-order valence-corrected chi connectivity index (χ1v) is 9.06. The van der Waals surface area contributed by atoms with E-state index in [9.17, 15) is 13.2 Å². The Kier molecular flexibility index (Phi) is 5.65. The van der Waals surface area contributed by atoms with Crippen molar-refractivity contribution in [2.24, 2.45) is 4.99 Å². The zero-order valence-electron chi connectivity index (χ0n) is 14.1. The Morgan fingerprint density at radius 2 is 2.19 bits per heavy atom. The van der Waals surface area contributed by atoms with Gasteiger partial charge in [0, 0.05) is 37.4 Å². The Balaban J connectivity index is 1.54. The van der Waals surface area contributed by atoms with Crippen LogP contribution in [0.1, 0.15) is 28.7 Å². The molecule has 0 spiro atoms. The predicted octanol–water partition coefficient (Wildman–Crippen LogP) is 3.39. The van der Waals surface area contributed by atoms with Gasteiger partial charge in [0.25, 0.3) is 0 Å². The number of alkyl halides is 3. The van der Waals surface area contributed by atoms with E-state index in [2.05, 4.69) is 20.6 Å². The van der Waals surface area contributed by atoms with Crippen molar-refractivity contribution in [3.8, 4) is 5.75 Å². The Bertz CT molecular complexity index is 775. The quantitative estimate of drug-likeness (QED) is 0.627. The molecule has 2 N–H and O–H groups in total. The third-order valence-electron chi connectivity index (χ3n) is 3.97. The van der Waals surface area contributed by atoms with Crippen LogP contribution in [0.4, 0.5) is 13.2 Å². The first-order chi connectivity index (χ1) is 12.5. The minimum atomic E-state index is -4.39. The minimum Gasteiger partial charge on any atom is -0.493 e. The van der Waals surface area contributed by atoms with Gasteiger partial charge in [-0.05, 0) is 6.07 Å². The van der Waals surface area contributed by atoms with E-state index in [1.165, 1.54) is 0 Å².